The summed E-state index contributed by atoms with van der Waals surface area (Å²) in [5.74, 6) is 0. The molecule has 2 unspecified atom stereocenters. The first-order chi connectivity index (χ1) is 8.81. The molecule has 4 rings (SSSR count). The van der Waals surface area contributed by atoms with Gasteiger partial charge in [0, 0.05) is 26.3 Å². The minimum absolute atomic E-state index is 0.403. The van der Waals surface area contributed by atoms with E-state index in [4.69, 9.17) is 4.74 Å². The predicted octanol–water partition coefficient (Wildman–Crippen LogP) is 1.34. The lowest BCUT2D eigenvalue weighted by atomic mass is 10.2. The van der Waals surface area contributed by atoms with Gasteiger partial charge in [-0.1, -0.05) is 0 Å². The van der Waals surface area contributed by atoms with E-state index in [1.807, 2.05) is 24.1 Å². The van der Waals surface area contributed by atoms with Crippen LogP contribution >= 0.6 is 0 Å². The smallest absolute Gasteiger partial charge is 0.110 e. The molecule has 2 aromatic heterocycles. The van der Waals surface area contributed by atoms with Crippen molar-refractivity contribution in [2.75, 3.05) is 18.0 Å². The van der Waals surface area contributed by atoms with E-state index in [-0.39, 0.29) is 0 Å². The molecule has 5 heteroatoms. The number of anilines is 1. The summed E-state index contributed by atoms with van der Waals surface area (Å²) in [7, 11) is 1.97. The summed E-state index contributed by atoms with van der Waals surface area (Å²) in [5, 5.41) is 4.30. The molecule has 0 N–H and O–H groups in total. The molecule has 0 radical (unpaired) electrons. The van der Waals surface area contributed by atoms with E-state index in [0.717, 1.165) is 24.1 Å². The van der Waals surface area contributed by atoms with E-state index in [9.17, 15) is 0 Å². The number of nitrogens with zero attached hydrogens (tertiary/aromatic N) is 4. The van der Waals surface area contributed by atoms with Crippen LogP contribution in [0.5, 0.6) is 0 Å². The normalized spacial score (nSPS) is 27.1. The number of morpholine rings is 1. The van der Waals surface area contributed by atoms with Gasteiger partial charge >= 0.3 is 0 Å². The Morgan fingerprint density at radius 2 is 2.06 bits per heavy atom. The number of pyridine rings is 1. The first-order valence-electron chi connectivity index (χ1n) is 6.48. The molecule has 0 aromatic carbocycles. The van der Waals surface area contributed by atoms with Gasteiger partial charge in [0.25, 0.3) is 0 Å². The zero-order chi connectivity index (χ0) is 12.1. The molecule has 2 aliphatic rings. The highest BCUT2D eigenvalue weighted by Crippen LogP contribution is 2.32. The Labute approximate surface area is 105 Å². The Kier molecular flexibility index (Phi) is 2.11. The summed E-state index contributed by atoms with van der Waals surface area (Å²) in [6, 6.07) is 2.09. The number of fused-ring (bicyclic) bond motifs is 3. The molecule has 2 saturated heterocycles. The molecule has 5 nitrogen and oxygen atoms in total. The van der Waals surface area contributed by atoms with Gasteiger partial charge < -0.3 is 9.64 Å². The zero-order valence-corrected chi connectivity index (χ0v) is 10.4. The lowest BCUT2D eigenvalue weighted by Gasteiger charge is -2.34. The zero-order valence-electron chi connectivity index (χ0n) is 10.4. The number of rotatable bonds is 1. The molecule has 2 atom stereocenters. The summed E-state index contributed by atoms with van der Waals surface area (Å²) < 4.78 is 7.80. The van der Waals surface area contributed by atoms with E-state index < -0.39 is 0 Å². The summed E-state index contributed by atoms with van der Waals surface area (Å²) in [5.41, 5.74) is 3.33. The Morgan fingerprint density at radius 3 is 2.83 bits per heavy atom. The van der Waals surface area contributed by atoms with Crippen molar-refractivity contribution >= 4 is 16.7 Å². The number of hydrogen-bond acceptors (Lipinski definition) is 4. The standard InChI is InChI=1S/C13H16N4O/c1-16-13-11(6-15-16)14-5-4-12(13)17-7-9-2-3-10(8-17)18-9/h4-6,9-10H,2-3,7-8H2,1H3. The van der Waals surface area contributed by atoms with Crippen molar-refractivity contribution in [1.29, 1.82) is 0 Å². The van der Waals surface area contributed by atoms with Crippen molar-refractivity contribution in [3.05, 3.63) is 18.5 Å². The fraction of sp³-hybridized carbons (Fsp3) is 0.538. The lowest BCUT2D eigenvalue weighted by molar-refractivity contribution is 0.0305. The average molecular weight is 244 g/mol. The Hall–Kier alpha value is -1.62. The van der Waals surface area contributed by atoms with Gasteiger partial charge in [0.05, 0.1) is 24.1 Å². The molecule has 0 saturated carbocycles. The molecule has 2 fully saturated rings. The van der Waals surface area contributed by atoms with Crippen molar-refractivity contribution in [3.63, 3.8) is 0 Å². The monoisotopic (exact) mass is 244 g/mol. The van der Waals surface area contributed by atoms with Crippen LogP contribution in [0.2, 0.25) is 0 Å². The minimum Gasteiger partial charge on any atom is -0.371 e. The molecule has 2 aliphatic heterocycles. The third kappa shape index (κ3) is 1.43. The lowest BCUT2D eigenvalue weighted by Crippen LogP contribution is -2.42. The number of aryl methyl sites for hydroxylation is 1. The van der Waals surface area contributed by atoms with Crippen LogP contribution < -0.4 is 4.90 Å². The van der Waals surface area contributed by atoms with Crippen LogP contribution in [0, 0.1) is 0 Å². The molecule has 18 heavy (non-hydrogen) atoms. The van der Waals surface area contributed by atoms with E-state index in [1.165, 1.54) is 18.5 Å². The van der Waals surface area contributed by atoms with Crippen LogP contribution in [0.25, 0.3) is 11.0 Å². The third-order valence-corrected chi connectivity index (χ3v) is 3.99. The summed E-state index contributed by atoms with van der Waals surface area (Å²) in [6.45, 7) is 1.97. The van der Waals surface area contributed by atoms with Crippen molar-refractivity contribution in [3.8, 4) is 0 Å². The topological polar surface area (TPSA) is 43.2 Å². The number of ether oxygens (including phenoxy) is 1. The molecular weight excluding hydrogens is 228 g/mol. The second-order valence-corrected chi connectivity index (χ2v) is 5.19. The van der Waals surface area contributed by atoms with Crippen LogP contribution in [-0.2, 0) is 11.8 Å². The highest BCUT2D eigenvalue weighted by Gasteiger charge is 2.34. The first kappa shape index (κ1) is 10.3. The van der Waals surface area contributed by atoms with Crippen molar-refractivity contribution in [1.82, 2.24) is 14.8 Å². The van der Waals surface area contributed by atoms with Crippen molar-refractivity contribution in [2.45, 2.75) is 25.0 Å². The number of hydrogen-bond donors (Lipinski definition) is 0. The molecule has 94 valence electrons. The Balaban J connectivity index is 1.80. The van der Waals surface area contributed by atoms with Crippen LogP contribution in [0.15, 0.2) is 18.5 Å². The van der Waals surface area contributed by atoms with Gasteiger partial charge in [0.15, 0.2) is 0 Å². The highest BCUT2D eigenvalue weighted by molar-refractivity contribution is 5.88. The van der Waals surface area contributed by atoms with Crippen LogP contribution in [0.3, 0.4) is 0 Å². The molecule has 0 spiro atoms. The molecule has 2 bridgehead atoms. The second kappa shape index (κ2) is 3.68. The highest BCUT2D eigenvalue weighted by atomic mass is 16.5. The summed E-state index contributed by atoms with van der Waals surface area (Å²) in [6.07, 6.45) is 6.90. The minimum atomic E-state index is 0.403. The van der Waals surface area contributed by atoms with Crippen LogP contribution in [0.1, 0.15) is 12.8 Å². The fourth-order valence-electron chi connectivity index (χ4n) is 3.15. The Morgan fingerprint density at radius 1 is 1.28 bits per heavy atom. The maximum absolute atomic E-state index is 5.89. The quantitative estimate of drug-likeness (QED) is 0.759. The second-order valence-electron chi connectivity index (χ2n) is 5.19. The van der Waals surface area contributed by atoms with Gasteiger partial charge in [0.2, 0.25) is 0 Å². The van der Waals surface area contributed by atoms with Crippen molar-refractivity contribution in [2.24, 2.45) is 7.05 Å². The van der Waals surface area contributed by atoms with Crippen molar-refractivity contribution < 1.29 is 4.74 Å². The molecule has 0 aliphatic carbocycles. The van der Waals surface area contributed by atoms with Crippen LogP contribution in [0.4, 0.5) is 5.69 Å². The summed E-state index contributed by atoms with van der Waals surface area (Å²) >= 11 is 0. The van der Waals surface area contributed by atoms with Gasteiger partial charge in [-0.15, -0.1) is 0 Å². The average Bonchev–Trinajstić information content (AvgIpc) is 2.93. The predicted molar refractivity (Wildman–Crippen MR) is 68.6 cm³/mol. The molecule has 4 heterocycles. The SMILES string of the molecule is Cn1ncc2nccc(N3CC4CCC(C3)O4)c21. The molecule has 0 amide bonds. The van der Waals surface area contributed by atoms with Gasteiger partial charge in [-0.2, -0.15) is 5.10 Å². The Bertz CT molecular complexity index is 582. The van der Waals surface area contributed by atoms with Gasteiger partial charge in [-0.05, 0) is 18.9 Å². The number of aromatic nitrogens is 3. The maximum Gasteiger partial charge on any atom is 0.110 e. The molecular formula is C13H16N4O. The van der Waals surface area contributed by atoms with E-state index in [1.54, 1.807) is 0 Å². The third-order valence-electron chi connectivity index (χ3n) is 3.99. The van der Waals surface area contributed by atoms with Gasteiger partial charge in [-0.3, -0.25) is 9.67 Å². The largest absolute Gasteiger partial charge is 0.371 e. The van der Waals surface area contributed by atoms with E-state index in [2.05, 4.69) is 21.0 Å². The summed E-state index contributed by atoms with van der Waals surface area (Å²) in [4.78, 5) is 6.80. The molecule has 2 aromatic rings. The first-order valence-corrected chi connectivity index (χ1v) is 6.48. The maximum atomic E-state index is 5.89. The van der Waals surface area contributed by atoms with E-state index in [0.29, 0.717) is 12.2 Å². The van der Waals surface area contributed by atoms with Crippen LogP contribution in [-0.4, -0.2) is 40.1 Å². The van der Waals surface area contributed by atoms with E-state index >= 15 is 0 Å². The fourth-order valence-corrected chi connectivity index (χ4v) is 3.15. The van der Waals surface area contributed by atoms with Gasteiger partial charge in [-0.25, -0.2) is 0 Å². The van der Waals surface area contributed by atoms with Gasteiger partial charge in [0.1, 0.15) is 11.0 Å².